The van der Waals surface area contributed by atoms with Gasteiger partial charge in [0.05, 0.1) is 10.7 Å². The van der Waals surface area contributed by atoms with Gasteiger partial charge in [-0.3, -0.25) is 9.69 Å². The summed E-state index contributed by atoms with van der Waals surface area (Å²) in [6.07, 6.45) is 3.21. The highest BCUT2D eigenvalue weighted by Crippen LogP contribution is 2.27. The summed E-state index contributed by atoms with van der Waals surface area (Å²) in [5.41, 5.74) is 3.89. The van der Waals surface area contributed by atoms with Gasteiger partial charge < -0.3 is 9.88 Å². The Morgan fingerprint density at radius 1 is 1.24 bits per heavy atom. The normalized spacial score (nSPS) is 15.8. The number of carbonyl (C=O) groups is 2. The van der Waals surface area contributed by atoms with Crippen molar-refractivity contribution >= 4 is 29.6 Å². The highest BCUT2D eigenvalue weighted by atomic mass is 35.5. The van der Waals surface area contributed by atoms with Gasteiger partial charge in [-0.05, 0) is 43.7 Å². The first-order chi connectivity index (χ1) is 11.9. The van der Waals surface area contributed by atoms with Gasteiger partial charge >= 0.3 is 6.03 Å². The van der Waals surface area contributed by atoms with Gasteiger partial charge in [0.2, 0.25) is 0 Å². The van der Waals surface area contributed by atoms with Crippen molar-refractivity contribution < 1.29 is 9.59 Å². The predicted octanol–water partition coefficient (Wildman–Crippen LogP) is 3.83. The van der Waals surface area contributed by atoms with E-state index in [0.717, 1.165) is 27.5 Å². The number of benzene rings is 1. The first kappa shape index (κ1) is 17.0. The molecule has 1 N–H and O–H groups in total. The number of rotatable bonds is 4. The average Bonchev–Trinajstić information content (AvgIpc) is 2.99. The van der Waals surface area contributed by atoms with E-state index < -0.39 is 6.03 Å². The lowest BCUT2D eigenvalue weighted by Gasteiger charge is -2.11. The van der Waals surface area contributed by atoms with Crippen LogP contribution in [-0.4, -0.2) is 28.0 Å². The van der Waals surface area contributed by atoms with E-state index in [1.54, 1.807) is 6.08 Å². The largest absolute Gasteiger partial charge is 0.329 e. The Morgan fingerprint density at radius 3 is 2.64 bits per heavy atom. The molecular weight excluding hydrogens is 338 g/mol. The molecule has 1 fully saturated rings. The number of aromatic nitrogens is 1. The fourth-order valence-corrected chi connectivity index (χ4v) is 3.18. The molecular formula is C19H18ClN3O2. The van der Waals surface area contributed by atoms with Crippen LogP contribution in [0.5, 0.6) is 0 Å². The second-order valence-electron chi connectivity index (χ2n) is 5.81. The number of nitrogens with zero attached hydrogens (tertiary/aromatic N) is 2. The van der Waals surface area contributed by atoms with E-state index in [1.165, 1.54) is 6.08 Å². The van der Waals surface area contributed by atoms with E-state index in [4.69, 9.17) is 11.6 Å². The highest BCUT2D eigenvalue weighted by molar-refractivity contribution is 6.32. The molecule has 6 heteroatoms. The highest BCUT2D eigenvalue weighted by Gasteiger charge is 2.32. The fourth-order valence-electron chi connectivity index (χ4n) is 2.96. The third-order valence-corrected chi connectivity index (χ3v) is 4.46. The first-order valence-corrected chi connectivity index (χ1v) is 8.21. The second kappa shape index (κ2) is 6.61. The molecule has 3 amide bonds. The molecule has 1 saturated heterocycles. The minimum absolute atomic E-state index is 0.181. The Bertz CT molecular complexity index is 911. The van der Waals surface area contributed by atoms with Crippen LogP contribution < -0.4 is 5.32 Å². The molecule has 2 aromatic rings. The second-order valence-corrected chi connectivity index (χ2v) is 6.21. The molecule has 25 heavy (non-hydrogen) atoms. The van der Waals surface area contributed by atoms with Crippen LogP contribution in [-0.2, 0) is 4.79 Å². The summed E-state index contributed by atoms with van der Waals surface area (Å²) in [5.74, 6) is -0.354. The summed E-state index contributed by atoms with van der Waals surface area (Å²) in [4.78, 5) is 25.3. The standard InChI is InChI=1S/C19H18ClN3O2/c1-4-9-22-18(24)16(21-19(22)25)11-14-10-12(2)23(13(14)3)17-8-6-5-7-15(17)20/h4-8,10-11H,1,9H2,2-3H3,(H,21,25)/b16-11-. The molecule has 1 aromatic heterocycles. The SMILES string of the molecule is C=CCN1C(=O)N/C(=C\c2cc(C)n(-c3ccccc3Cl)c2C)C1=O. The van der Waals surface area contributed by atoms with Crippen molar-refractivity contribution in [2.24, 2.45) is 0 Å². The number of aryl methyl sites for hydroxylation is 1. The van der Waals surface area contributed by atoms with Gasteiger partial charge in [-0.25, -0.2) is 4.79 Å². The van der Waals surface area contributed by atoms with Crippen LogP contribution in [0, 0.1) is 13.8 Å². The van der Waals surface area contributed by atoms with Crippen LogP contribution in [0.2, 0.25) is 5.02 Å². The summed E-state index contributed by atoms with van der Waals surface area (Å²) in [6.45, 7) is 7.66. The average molecular weight is 356 g/mol. The number of carbonyl (C=O) groups excluding carboxylic acids is 2. The third kappa shape index (κ3) is 2.98. The van der Waals surface area contributed by atoms with Gasteiger partial charge in [0.1, 0.15) is 5.70 Å². The molecule has 0 spiro atoms. The maximum Gasteiger partial charge on any atom is 0.329 e. The van der Waals surface area contributed by atoms with E-state index in [0.29, 0.717) is 5.02 Å². The molecule has 1 aliphatic rings. The summed E-state index contributed by atoms with van der Waals surface area (Å²) in [6, 6.07) is 9.10. The summed E-state index contributed by atoms with van der Waals surface area (Å²) in [5, 5.41) is 3.25. The number of hydrogen-bond donors (Lipinski definition) is 1. The zero-order chi connectivity index (χ0) is 18.1. The van der Waals surface area contributed by atoms with Crippen molar-refractivity contribution in [1.82, 2.24) is 14.8 Å². The molecule has 2 heterocycles. The Labute approximate surface area is 151 Å². The smallest absolute Gasteiger partial charge is 0.316 e. The number of para-hydroxylation sites is 1. The molecule has 0 saturated carbocycles. The Morgan fingerprint density at radius 2 is 1.96 bits per heavy atom. The van der Waals surface area contributed by atoms with Crippen molar-refractivity contribution in [3.63, 3.8) is 0 Å². The molecule has 0 atom stereocenters. The molecule has 5 nitrogen and oxygen atoms in total. The maximum atomic E-state index is 12.3. The molecule has 0 bridgehead atoms. The van der Waals surface area contributed by atoms with Gasteiger partial charge in [0.25, 0.3) is 5.91 Å². The number of amides is 3. The lowest BCUT2D eigenvalue weighted by Crippen LogP contribution is -2.30. The van der Waals surface area contributed by atoms with Gasteiger partial charge in [0, 0.05) is 17.9 Å². The number of hydrogen-bond acceptors (Lipinski definition) is 2. The van der Waals surface area contributed by atoms with Crippen LogP contribution >= 0.6 is 11.6 Å². The Kier molecular flexibility index (Phi) is 4.51. The van der Waals surface area contributed by atoms with Crippen molar-refractivity contribution in [3.8, 4) is 5.69 Å². The number of nitrogens with one attached hydrogen (secondary N) is 1. The molecule has 0 radical (unpaired) electrons. The monoisotopic (exact) mass is 355 g/mol. The van der Waals surface area contributed by atoms with E-state index in [2.05, 4.69) is 11.9 Å². The summed E-state index contributed by atoms with van der Waals surface area (Å²) in [7, 11) is 0. The zero-order valence-corrected chi connectivity index (χ0v) is 14.8. The number of imide groups is 1. The van der Waals surface area contributed by atoms with Crippen molar-refractivity contribution in [3.05, 3.63) is 70.7 Å². The fraction of sp³-hybridized carbons (Fsp3) is 0.158. The minimum atomic E-state index is -0.434. The summed E-state index contributed by atoms with van der Waals surface area (Å²) >= 11 is 6.32. The zero-order valence-electron chi connectivity index (χ0n) is 14.0. The van der Waals surface area contributed by atoms with E-state index in [-0.39, 0.29) is 18.1 Å². The van der Waals surface area contributed by atoms with Gasteiger partial charge in [-0.1, -0.05) is 29.8 Å². The topological polar surface area (TPSA) is 54.3 Å². The molecule has 1 aliphatic heterocycles. The number of halogens is 1. The number of urea groups is 1. The van der Waals surface area contributed by atoms with Crippen LogP contribution in [0.15, 0.2) is 48.7 Å². The third-order valence-electron chi connectivity index (χ3n) is 4.14. The molecule has 0 aliphatic carbocycles. The summed E-state index contributed by atoms with van der Waals surface area (Å²) < 4.78 is 2.03. The van der Waals surface area contributed by atoms with E-state index in [1.807, 2.05) is 48.7 Å². The predicted molar refractivity (Wildman–Crippen MR) is 98.7 cm³/mol. The quantitative estimate of drug-likeness (QED) is 0.515. The molecule has 1 aromatic carbocycles. The van der Waals surface area contributed by atoms with Crippen molar-refractivity contribution in [2.75, 3.05) is 6.54 Å². The molecule has 3 rings (SSSR count). The van der Waals surface area contributed by atoms with Crippen LogP contribution in [0.3, 0.4) is 0 Å². The maximum absolute atomic E-state index is 12.3. The van der Waals surface area contributed by atoms with E-state index in [9.17, 15) is 9.59 Å². The van der Waals surface area contributed by atoms with Crippen LogP contribution in [0.1, 0.15) is 17.0 Å². The van der Waals surface area contributed by atoms with Crippen LogP contribution in [0.25, 0.3) is 11.8 Å². The Hall–Kier alpha value is -2.79. The van der Waals surface area contributed by atoms with Gasteiger partial charge in [0.15, 0.2) is 0 Å². The van der Waals surface area contributed by atoms with Gasteiger partial charge in [-0.2, -0.15) is 0 Å². The lowest BCUT2D eigenvalue weighted by molar-refractivity contribution is -0.122. The molecule has 0 unspecified atom stereocenters. The Balaban J connectivity index is 2.02. The minimum Gasteiger partial charge on any atom is -0.316 e. The van der Waals surface area contributed by atoms with Crippen molar-refractivity contribution in [1.29, 1.82) is 0 Å². The van der Waals surface area contributed by atoms with Crippen molar-refractivity contribution in [2.45, 2.75) is 13.8 Å². The van der Waals surface area contributed by atoms with Crippen LogP contribution in [0.4, 0.5) is 4.79 Å². The van der Waals surface area contributed by atoms with E-state index >= 15 is 0 Å². The first-order valence-electron chi connectivity index (χ1n) is 7.83. The lowest BCUT2D eigenvalue weighted by atomic mass is 10.2. The molecule has 128 valence electrons. The van der Waals surface area contributed by atoms with Gasteiger partial charge in [-0.15, -0.1) is 6.58 Å².